The van der Waals surface area contributed by atoms with Crippen molar-refractivity contribution in [2.45, 2.75) is 20.5 Å². The van der Waals surface area contributed by atoms with E-state index in [1.54, 1.807) is 23.0 Å². The summed E-state index contributed by atoms with van der Waals surface area (Å²) in [7, 11) is 1.86. The van der Waals surface area contributed by atoms with Gasteiger partial charge in [-0.3, -0.25) is 4.68 Å². The van der Waals surface area contributed by atoms with Gasteiger partial charge in [0.05, 0.1) is 12.3 Å². The van der Waals surface area contributed by atoms with Crippen LogP contribution in [0.3, 0.4) is 0 Å². The third-order valence-electron chi connectivity index (χ3n) is 2.66. The summed E-state index contributed by atoms with van der Waals surface area (Å²) in [6.45, 7) is 3.71. The van der Waals surface area contributed by atoms with E-state index in [1.807, 2.05) is 20.9 Å². The Morgan fingerprint density at radius 3 is 2.76 bits per heavy atom. The van der Waals surface area contributed by atoms with Crippen LogP contribution in [0, 0.1) is 13.8 Å². The monoisotopic (exact) mass is 233 g/mol. The number of aliphatic hydroxyl groups excluding tert-OH is 1. The molecule has 0 amide bonds. The lowest BCUT2D eigenvalue weighted by molar-refractivity contribution is 0.275. The Balaban J connectivity index is 2.38. The Kier molecular flexibility index (Phi) is 3.10. The van der Waals surface area contributed by atoms with E-state index in [4.69, 9.17) is 4.74 Å². The number of nitrogens with zero attached hydrogens (tertiary/aromatic N) is 3. The summed E-state index contributed by atoms with van der Waals surface area (Å²) < 4.78 is 7.48. The minimum atomic E-state index is -0.0957. The SMILES string of the molecule is Cc1nn(C)c(C)c1Oc1ncccc1CO. The average molecular weight is 233 g/mol. The van der Waals surface area contributed by atoms with Crippen molar-refractivity contribution in [1.82, 2.24) is 14.8 Å². The van der Waals surface area contributed by atoms with Gasteiger partial charge in [-0.15, -0.1) is 0 Å². The van der Waals surface area contributed by atoms with Crippen molar-refractivity contribution in [2.24, 2.45) is 7.05 Å². The zero-order valence-corrected chi connectivity index (χ0v) is 10.1. The van der Waals surface area contributed by atoms with Crippen LogP contribution in [0.4, 0.5) is 0 Å². The summed E-state index contributed by atoms with van der Waals surface area (Å²) >= 11 is 0. The first-order valence-electron chi connectivity index (χ1n) is 5.36. The highest BCUT2D eigenvalue weighted by atomic mass is 16.5. The van der Waals surface area contributed by atoms with Gasteiger partial charge in [-0.1, -0.05) is 0 Å². The summed E-state index contributed by atoms with van der Waals surface area (Å²) in [6, 6.07) is 3.55. The molecule has 5 heteroatoms. The molecule has 0 saturated heterocycles. The van der Waals surface area contributed by atoms with Crippen LogP contribution in [0.25, 0.3) is 0 Å². The molecular formula is C12H15N3O2. The maximum atomic E-state index is 9.20. The van der Waals surface area contributed by atoms with Gasteiger partial charge in [-0.05, 0) is 26.0 Å². The number of ether oxygens (including phenoxy) is 1. The van der Waals surface area contributed by atoms with E-state index in [0.29, 0.717) is 17.2 Å². The molecule has 0 spiro atoms. The molecular weight excluding hydrogens is 218 g/mol. The summed E-state index contributed by atoms with van der Waals surface area (Å²) in [5.41, 5.74) is 2.40. The number of hydrogen-bond donors (Lipinski definition) is 1. The topological polar surface area (TPSA) is 60.2 Å². The fourth-order valence-corrected chi connectivity index (χ4v) is 1.63. The molecule has 0 bridgehead atoms. The van der Waals surface area contributed by atoms with E-state index in [2.05, 4.69) is 10.1 Å². The van der Waals surface area contributed by atoms with Crippen LogP contribution in [0.1, 0.15) is 17.0 Å². The second-order valence-corrected chi connectivity index (χ2v) is 3.85. The predicted molar refractivity (Wildman–Crippen MR) is 62.9 cm³/mol. The van der Waals surface area contributed by atoms with Crippen LogP contribution in [-0.2, 0) is 13.7 Å². The van der Waals surface area contributed by atoms with Crippen molar-refractivity contribution in [3.8, 4) is 11.6 Å². The van der Waals surface area contributed by atoms with Crippen molar-refractivity contribution in [1.29, 1.82) is 0 Å². The van der Waals surface area contributed by atoms with E-state index in [-0.39, 0.29) is 6.61 Å². The van der Waals surface area contributed by atoms with E-state index < -0.39 is 0 Å². The normalized spacial score (nSPS) is 10.6. The molecule has 0 unspecified atom stereocenters. The molecule has 17 heavy (non-hydrogen) atoms. The second kappa shape index (κ2) is 4.55. The van der Waals surface area contributed by atoms with Crippen LogP contribution in [0.2, 0.25) is 0 Å². The molecule has 2 aromatic heterocycles. The molecule has 0 aromatic carbocycles. The molecule has 2 aromatic rings. The third-order valence-corrected chi connectivity index (χ3v) is 2.66. The second-order valence-electron chi connectivity index (χ2n) is 3.85. The molecule has 0 atom stereocenters. The number of pyridine rings is 1. The predicted octanol–water partition coefficient (Wildman–Crippen LogP) is 1.72. The van der Waals surface area contributed by atoms with Crippen molar-refractivity contribution >= 4 is 0 Å². The number of aryl methyl sites for hydroxylation is 2. The smallest absolute Gasteiger partial charge is 0.224 e. The lowest BCUT2D eigenvalue weighted by Crippen LogP contribution is -1.96. The summed E-state index contributed by atoms with van der Waals surface area (Å²) in [6.07, 6.45) is 1.63. The Hall–Kier alpha value is -1.88. The van der Waals surface area contributed by atoms with Crippen LogP contribution in [-0.4, -0.2) is 19.9 Å². The highest BCUT2D eigenvalue weighted by Crippen LogP contribution is 2.28. The zero-order chi connectivity index (χ0) is 12.4. The van der Waals surface area contributed by atoms with Gasteiger partial charge in [0, 0.05) is 18.8 Å². The molecule has 2 rings (SSSR count). The quantitative estimate of drug-likeness (QED) is 0.876. The summed E-state index contributed by atoms with van der Waals surface area (Å²) in [4.78, 5) is 4.12. The van der Waals surface area contributed by atoms with E-state index in [9.17, 15) is 5.11 Å². The van der Waals surface area contributed by atoms with Gasteiger partial charge in [0.15, 0.2) is 5.75 Å². The molecule has 0 radical (unpaired) electrons. The van der Waals surface area contributed by atoms with Crippen molar-refractivity contribution in [3.63, 3.8) is 0 Å². The number of aliphatic hydroxyl groups is 1. The number of aromatic nitrogens is 3. The van der Waals surface area contributed by atoms with Gasteiger partial charge in [0.2, 0.25) is 5.88 Å². The standard InChI is InChI=1S/C12H15N3O2/c1-8-11(9(2)15(3)14-8)17-12-10(7-16)5-4-6-13-12/h4-6,16H,7H2,1-3H3. The maximum Gasteiger partial charge on any atom is 0.224 e. The van der Waals surface area contributed by atoms with Crippen molar-refractivity contribution < 1.29 is 9.84 Å². The summed E-state index contributed by atoms with van der Waals surface area (Å²) in [5, 5.41) is 13.5. The lowest BCUT2D eigenvalue weighted by atomic mass is 10.3. The van der Waals surface area contributed by atoms with Gasteiger partial charge >= 0.3 is 0 Å². The van der Waals surface area contributed by atoms with E-state index in [0.717, 1.165) is 11.4 Å². The van der Waals surface area contributed by atoms with Crippen LogP contribution >= 0.6 is 0 Å². The van der Waals surface area contributed by atoms with Gasteiger partial charge in [0.1, 0.15) is 5.69 Å². The van der Waals surface area contributed by atoms with Gasteiger partial charge < -0.3 is 9.84 Å². The highest BCUT2D eigenvalue weighted by molar-refractivity contribution is 5.37. The van der Waals surface area contributed by atoms with Gasteiger partial charge in [0.25, 0.3) is 0 Å². The molecule has 90 valence electrons. The molecule has 0 saturated carbocycles. The van der Waals surface area contributed by atoms with E-state index in [1.165, 1.54) is 0 Å². The van der Waals surface area contributed by atoms with E-state index >= 15 is 0 Å². The van der Waals surface area contributed by atoms with Gasteiger partial charge in [-0.25, -0.2) is 4.98 Å². The maximum absolute atomic E-state index is 9.20. The largest absolute Gasteiger partial charge is 0.435 e. The Bertz CT molecular complexity index is 535. The molecule has 0 aliphatic heterocycles. The minimum absolute atomic E-state index is 0.0957. The van der Waals surface area contributed by atoms with Crippen molar-refractivity contribution in [2.75, 3.05) is 0 Å². The minimum Gasteiger partial charge on any atom is -0.435 e. The van der Waals surface area contributed by atoms with Crippen molar-refractivity contribution in [3.05, 3.63) is 35.3 Å². The van der Waals surface area contributed by atoms with Crippen LogP contribution in [0.15, 0.2) is 18.3 Å². The first-order chi connectivity index (χ1) is 8.13. The number of rotatable bonds is 3. The molecule has 0 aliphatic carbocycles. The fourth-order valence-electron chi connectivity index (χ4n) is 1.63. The first kappa shape index (κ1) is 11.6. The lowest BCUT2D eigenvalue weighted by Gasteiger charge is -2.08. The fraction of sp³-hybridized carbons (Fsp3) is 0.333. The molecule has 1 N–H and O–H groups in total. The number of hydrogen-bond acceptors (Lipinski definition) is 4. The summed E-state index contributed by atoms with van der Waals surface area (Å²) in [5.74, 6) is 1.12. The third kappa shape index (κ3) is 2.14. The highest BCUT2D eigenvalue weighted by Gasteiger charge is 2.14. The average Bonchev–Trinajstić information content (AvgIpc) is 2.57. The molecule has 2 heterocycles. The molecule has 0 fully saturated rings. The molecule has 0 aliphatic rings. The van der Waals surface area contributed by atoms with Gasteiger partial charge in [-0.2, -0.15) is 5.10 Å². The van der Waals surface area contributed by atoms with Crippen LogP contribution < -0.4 is 4.74 Å². The molecule has 5 nitrogen and oxygen atoms in total. The van der Waals surface area contributed by atoms with Crippen LogP contribution in [0.5, 0.6) is 11.6 Å². The first-order valence-corrected chi connectivity index (χ1v) is 5.36. The Labute approximate surface area is 99.7 Å². The Morgan fingerprint density at radius 1 is 1.41 bits per heavy atom. The zero-order valence-electron chi connectivity index (χ0n) is 10.1. The Morgan fingerprint density at radius 2 is 2.18 bits per heavy atom.